The number of nitrogens with zero attached hydrogens (tertiary/aromatic N) is 2. The molecule has 4 aliphatic rings. The van der Waals surface area contributed by atoms with E-state index < -0.39 is 11.0 Å². The lowest BCUT2D eigenvalue weighted by Crippen LogP contribution is -2.78. The molecule has 0 unspecified atom stereocenters. The number of likely N-dealkylation sites (N-methyl/N-ethyl adjacent to an activating group) is 1. The Bertz CT molecular complexity index is 1290. The molecule has 2 heterocycles. The minimum absolute atomic E-state index is 0.0144. The number of carbonyl (C=O) groups excluding carboxylic acids is 1. The normalized spacial score (nSPS) is 31.1. The van der Waals surface area contributed by atoms with E-state index in [1.807, 2.05) is 17.0 Å². The number of benzene rings is 2. The number of ether oxygens (including phenoxy) is 2. The molecule has 1 N–H and O–H groups in total. The van der Waals surface area contributed by atoms with Crippen molar-refractivity contribution in [2.45, 2.75) is 75.2 Å². The molecule has 2 fully saturated rings. The summed E-state index contributed by atoms with van der Waals surface area (Å²) in [5.41, 5.74) is 1.66. The van der Waals surface area contributed by atoms with E-state index in [-0.39, 0.29) is 36.4 Å². The number of piperidine rings is 1. The molecule has 5 atom stereocenters. The van der Waals surface area contributed by atoms with Gasteiger partial charge in [-0.3, -0.25) is 4.79 Å². The van der Waals surface area contributed by atoms with Crippen LogP contribution in [0.4, 0.5) is 0 Å². The largest absolute Gasteiger partial charge is 0.493 e. The third kappa shape index (κ3) is 3.63. The molecule has 2 aromatic rings. The molecule has 8 heteroatoms. The third-order valence-corrected chi connectivity index (χ3v) is 10.3. The summed E-state index contributed by atoms with van der Waals surface area (Å²) in [6.45, 7) is 5.75. The van der Waals surface area contributed by atoms with Crippen molar-refractivity contribution in [3.05, 3.63) is 57.1 Å². The van der Waals surface area contributed by atoms with Gasteiger partial charge in [0, 0.05) is 18.2 Å². The summed E-state index contributed by atoms with van der Waals surface area (Å²) >= 11 is 12.4. The molecule has 204 valence electrons. The quantitative estimate of drug-likeness (QED) is 0.547. The molecule has 38 heavy (non-hydrogen) atoms. The van der Waals surface area contributed by atoms with Gasteiger partial charge in [-0.05, 0) is 74.5 Å². The molecule has 6 nitrogen and oxygen atoms in total. The molecular weight excluding hydrogens is 523 g/mol. The maximum atomic E-state index is 14.0. The van der Waals surface area contributed by atoms with Gasteiger partial charge in [0.1, 0.15) is 6.10 Å². The lowest BCUT2D eigenvalue weighted by atomic mass is 9.48. The smallest absolute Gasteiger partial charge is 0.227 e. The summed E-state index contributed by atoms with van der Waals surface area (Å²) in [6, 6.07) is 9.35. The van der Waals surface area contributed by atoms with Crippen LogP contribution in [0, 0.1) is 5.92 Å². The van der Waals surface area contributed by atoms with Crippen LogP contribution < -0.4 is 9.47 Å². The van der Waals surface area contributed by atoms with Gasteiger partial charge < -0.3 is 24.4 Å². The highest BCUT2D eigenvalue weighted by molar-refractivity contribution is 6.42. The number of hydrogen-bond acceptors (Lipinski definition) is 5. The molecule has 2 aromatic carbocycles. The maximum absolute atomic E-state index is 14.0. The molecule has 0 radical (unpaired) electrons. The zero-order chi connectivity index (χ0) is 27.0. The van der Waals surface area contributed by atoms with E-state index in [0.29, 0.717) is 35.2 Å². The molecule has 2 bridgehead atoms. The number of halogens is 2. The Labute approximate surface area is 234 Å². The average molecular weight is 560 g/mol. The molecule has 1 saturated carbocycles. The van der Waals surface area contributed by atoms with Crippen molar-refractivity contribution in [3.8, 4) is 11.5 Å². The van der Waals surface area contributed by atoms with E-state index in [4.69, 9.17) is 32.7 Å². The van der Waals surface area contributed by atoms with E-state index in [0.717, 1.165) is 36.3 Å². The van der Waals surface area contributed by atoms with Crippen LogP contribution in [-0.4, -0.2) is 71.8 Å². The maximum Gasteiger partial charge on any atom is 0.227 e. The van der Waals surface area contributed by atoms with Gasteiger partial charge in [0.05, 0.1) is 40.6 Å². The molecule has 0 aromatic heterocycles. The molecule has 1 amide bonds. The topological polar surface area (TPSA) is 62.2 Å². The first-order chi connectivity index (χ1) is 18.1. The summed E-state index contributed by atoms with van der Waals surface area (Å²) in [5.74, 6) is 1.76. The van der Waals surface area contributed by atoms with Gasteiger partial charge in [-0.15, -0.1) is 0 Å². The number of aliphatic hydroxyl groups is 1. The molecule has 2 aliphatic heterocycles. The molecule has 2 aliphatic carbocycles. The summed E-state index contributed by atoms with van der Waals surface area (Å²) in [7, 11) is 3.78. The van der Waals surface area contributed by atoms with Crippen LogP contribution in [0.5, 0.6) is 11.5 Å². The summed E-state index contributed by atoms with van der Waals surface area (Å²) in [4.78, 5) is 18.3. The first-order valence-electron chi connectivity index (χ1n) is 13.6. The van der Waals surface area contributed by atoms with Crippen molar-refractivity contribution in [1.82, 2.24) is 9.80 Å². The lowest BCUT2D eigenvalue weighted by molar-refractivity contribution is -0.198. The molecule has 6 rings (SSSR count). The van der Waals surface area contributed by atoms with Gasteiger partial charge >= 0.3 is 0 Å². The van der Waals surface area contributed by atoms with Crippen molar-refractivity contribution in [2.24, 2.45) is 5.92 Å². The van der Waals surface area contributed by atoms with Crippen molar-refractivity contribution in [2.75, 3.05) is 27.2 Å². The van der Waals surface area contributed by atoms with E-state index in [9.17, 15) is 9.90 Å². The van der Waals surface area contributed by atoms with Gasteiger partial charge in [-0.2, -0.15) is 0 Å². The predicted octanol–water partition coefficient (Wildman–Crippen LogP) is 4.88. The highest BCUT2D eigenvalue weighted by Crippen LogP contribution is 2.65. The number of hydrogen-bond donors (Lipinski definition) is 1. The van der Waals surface area contributed by atoms with Gasteiger partial charge in [0.15, 0.2) is 11.5 Å². The van der Waals surface area contributed by atoms with Crippen molar-refractivity contribution >= 4 is 29.1 Å². The number of amides is 1. The zero-order valence-corrected chi connectivity index (χ0v) is 24.0. The fourth-order valence-corrected chi connectivity index (χ4v) is 8.26. The van der Waals surface area contributed by atoms with E-state index in [1.54, 1.807) is 19.2 Å². The van der Waals surface area contributed by atoms with Crippen molar-refractivity contribution in [3.63, 3.8) is 0 Å². The Balaban J connectivity index is 1.43. The first kappa shape index (κ1) is 26.2. The molecule has 1 saturated heterocycles. The van der Waals surface area contributed by atoms with Crippen LogP contribution in [0.1, 0.15) is 49.8 Å². The number of likely N-dealkylation sites (tertiary alicyclic amines) is 1. The Morgan fingerprint density at radius 2 is 2.03 bits per heavy atom. The molecule has 1 spiro atoms. The van der Waals surface area contributed by atoms with Gasteiger partial charge in [0.2, 0.25) is 5.91 Å². The Morgan fingerprint density at radius 1 is 1.24 bits per heavy atom. The zero-order valence-electron chi connectivity index (χ0n) is 22.5. The monoisotopic (exact) mass is 558 g/mol. The predicted molar refractivity (Wildman–Crippen MR) is 149 cm³/mol. The number of rotatable bonds is 6. The second-order valence-corrected chi connectivity index (χ2v) is 12.8. The number of carbonyl (C=O) groups is 1. The summed E-state index contributed by atoms with van der Waals surface area (Å²) in [6.07, 6.45) is 2.75. The standard InChI is InChI=1S/C30H36Cl2N2O4/c1-17(2)16-34(25(35)14-18-5-7-20(31)21(32)13-18)22-9-10-30(36)24-15-19-6-8-23(37-4)27-26(19)29(30,28(22)38-27)11-12-33(24)3/h5-8,13,17,22,24,28,36H,9-12,14-16H2,1-4H3/t22-,24+,28-,29-,30+/m0/s1. The molecular formula is C30H36Cl2N2O4. The van der Waals surface area contributed by atoms with Crippen molar-refractivity contribution < 1.29 is 19.4 Å². The fraction of sp³-hybridized carbons (Fsp3) is 0.567. The van der Waals surface area contributed by atoms with Gasteiger partial charge in [-0.1, -0.05) is 49.2 Å². The Morgan fingerprint density at radius 3 is 2.74 bits per heavy atom. The highest BCUT2D eigenvalue weighted by Gasteiger charge is 2.73. The minimum Gasteiger partial charge on any atom is -0.493 e. The number of methoxy groups -OCH3 is 1. The highest BCUT2D eigenvalue weighted by atomic mass is 35.5. The first-order valence-corrected chi connectivity index (χ1v) is 14.4. The van der Waals surface area contributed by atoms with Crippen molar-refractivity contribution in [1.29, 1.82) is 0 Å². The second kappa shape index (κ2) is 9.29. The Kier molecular flexibility index (Phi) is 6.42. The third-order valence-electron chi connectivity index (χ3n) is 9.52. The summed E-state index contributed by atoms with van der Waals surface area (Å²) in [5, 5.41) is 13.5. The average Bonchev–Trinajstić information content (AvgIpc) is 3.23. The fourth-order valence-electron chi connectivity index (χ4n) is 7.94. The van der Waals surface area contributed by atoms with Crippen LogP contribution in [0.3, 0.4) is 0 Å². The van der Waals surface area contributed by atoms with Crippen LogP contribution >= 0.6 is 23.2 Å². The van der Waals surface area contributed by atoms with Crippen LogP contribution in [0.25, 0.3) is 0 Å². The van der Waals surface area contributed by atoms with Crippen LogP contribution in [-0.2, 0) is 23.1 Å². The van der Waals surface area contributed by atoms with E-state index in [2.05, 4.69) is 31.9 Å². The second-order valence-electron chi connectivity index (χ2n) is 12.0. The summed E-state index contributed by atoms with van der Waals surface area (Å²) < 4.78 is 12.6. The van der Waals surface area contributed by atoms with Crippen LogP contribution in [0.15, 0.2) is 30.3 Å². The van der Waals surface area contributed by atoms with Crippen LogP contribution in [0.2, 0.25) is 10.0 Å². The Hall–Kier alpha value is -1.99. The van der Waals surface area contributed by atoms with E-state index >= 15 is 0 Å². The lowest BCUT2D eigenvalue weighted by Gasteiger charge is -2.64. The van der Waals surface area contributed by atoms with Gasteiger partial charge in [-0.25, -0.2) is 0 Å². The van der Waals surface area contributed by atoms with E-state index in [1.165, 1.54) is 5.56 Å². The SMILES string of the molecule is COc1ccc2c3c1O[C@H]1[C@@H](N(CC(C)C)C(=O)Cc4ccc(Cl)c(Cl)c4)CC[C@@]4(O)[C@@H](C2)N(C)CC[C@]314. The minimum atomic E-state index is -0.929. The van der Waals surface area contributed by atoms with Gasteiger partial charge in [0.25, 0.3) is 0 Å².